The Bertz CT molecular complexity index is 797. The minimum absolute atomic E-state index is 0. The highest BCUT2D eigenvalue weighted by molar-refractivity contribution is 5.94. The molecule has 3 aliphatic rings. The van der Waals surface area contributed by atoms with Crippen LogP contribution in [0.15, 0.2) is 18.2 Å². The summed E-state index contributed by atoms with van der Waals surface area (Å²) in [7, 11) is 0. The molecule has 4 rings (SSSR count). The molecule has 1 aromatic carbocycles. The van der Waals surface area contributed by atoms with Gasteiger partial charge in [-0.2, -0.15) is 0 Å². The molecule has 2 heterocycles. The van der Waals surface area contributed by atoms with Gasteiger partial charge in [0.05, 0.1) is 6.61 Å². The largest absolute Gasteiger partial charge is 0.481 e. The second kappa shape index (κ2) is 11.3. The molecular formula is C24H36ClN3O4. The molecule has 2 fully saturated rings. The summed E-state index contributed by atoms with van der Waals surface area (Å²) in [5, 5.41) is 18.1. The average Bonchev–Trinajstić information content (AvgIpc) is 3.04. The third kappa shape index (κ3) is 5.74. The Balaban J connectivity index is 0.00000289. The average molecular weight is 466 g/mol. The van der Waals surface area contributed by atoms with Crippen LogP contribution < -0.4 is 4.90 Å². The molecule has 0 atom stereocenters. The van der Waals surface area contributed by atoms with Crippen LogP contribution in [-0.2, 0) is 17.6 Å². The fourth-order valence-corrected chi connectivity index (χ4v) is 5.50. The number of fused-ring (bicyclic) bond motifs is 1. The number of carbonyl (C=O) groups is 2. The molecule has 0 spiro atoms. The molecule has 1 aromatic rings. The van der Waals surface area contributed by atoms with Gasteiger partial charge in [0.15, 0.2) is 0 Å². The molecule has 1 aliphatic carbocycles. The highest BCUT2D eigenvalue weighted by atomic mass is 35.5. The van der Waals surface area contributed by atoms with Crippen molar-refractivity contribution in [1.82, 2.24) is 9.80 Å². The lowest BCUT2D eigenvalue weighted by Crippen LogP contribution is -2.41. The van der Waals surface area contributed by atoms with E-state index in [-0.39, 0.29) is 37.5 Å². The predicted molar refractivity (Wildman–Crippen MR) is 127 cm³/mol. The molecule has 2 amide bonds. The maximum Gasteiger partial charge on any atom is 0.324 e. The van der Waals surface area contributed by atoms with Gasteiger partial charge < -0.3 is 20.0 Å². The second-order valence-electron chi connectivity index (χ2n) is 9.25. The lowest BCUT2D eigenvalue weighted by atomic mass is 9.83. The fraction of sp³-hybridized carbons (Fsp3) is 0.667. The lowest BCUT2D eigenvalue weighted by molar-refractivity contribution is -0.137. The first-order valence-corrected chi connectivity index (χ1v) is 11.8. The highest BCUT2D eigenvalue weighted by Gasteiger charge is 2.36. The number of β-amino-alcohol motifs (C(OH)–C–C–N with tert-alkyl or cyclic N) is 1. The van der Waals surface area contributed by atoms with Crippen LogP contribution in [0.5, 0.6) is 0 Å². The van der Waals surface area contributed by atoms with Crippen molar-refractivity contribution in [2.24, 2.45) is 5.92 Å². The number of benzene rings is 1. The zero-order valence-corrected chi connectivity index (χ0v) is 19.6. The molecule has 0 unspecified atom stereocenters. The van der Waals surface area contributed by atoms with Gasteiger partial charge in [-0.05, 0) is 74.1 Å². The van der Waals surface area contributed by atoms with Gasteiger partial charge >= 0.3 is 12.0 Å². The lowest BCUT2D eigenvalue weighted by Gasteiger charge is -2.34. The van der Waals surface area contributed by atoms with E-state index in [2.05, 4.69) is 23.1 Å². The molecule has 1 saturated heterocycles. The second-order valence-corrected chi connectivity index (χ2v) is 9.25. The third-order valence-corrected chi connectivity index (χ3v) is 7.38. The van der Waals surface area contributed by atoms with E-state index in [0.29, 0.717) is 5.92 Å². The molecule has 178 valence electrons. The molecular weight excluding hydrogens is 430 g/mol. The number of aliphatic hydroxyl groups is 1. The Kier molecular flexibility index (Phi) is 8.79. The number of amides is 2. The van der Waals surface area contributed by atoms with E-state index >= 15 is 0 Å². The van der Waals surface area contributed by atoms with Gasteiger partial charge in [-0.25, -0.2) is 4.79 Å². The number of halogens is 1. The summed E-state index contributed by atoms with van der Waals surface area (Å²) < 4.78 is 0. The zero-order valence-electron chi connectivity index (χ0n) is 18.7. The summed E-state index contributed by atoms with van der Waals surface area (Å²) in [6.07, 6.45) is 6.95. The first kappa shape index (κ1) is 24.8. The number of aliphatic hydroxyl groups excluding tert-OH is 1. The van der Waals surface area contributed by atoms with E-state index in [1.54, 1.807) is 0 Å². The highest BCUT2D eigenvalue weighted by Crippen LogP contribution is 2.33. The Morgan fingerprint density at radius 3 is 2.41 bits per heavy atom. The maximum atomic E-state index is 13.2. The van der Waals surface area contributed by atoms with Crippen LogP contribution in [0.4, 0.5) is 10.5 Å². The number of urea groups is 1. The number of hydrogen-bond acceptors (Lipinski definition) is 4. The van der Waals surface area contributed by atoms with E-state index in [0.717, 1.165) is 83.4 Å². The first-order valence-electron chi connectivity index (χ1n) is 11.8. The van der Waals surface area contributed by atoms with Crippen molar-refractivity contribution >= 4 is 30.1 Å². The number of carbonyl (C=O) groups excluding carboxylic acids is 1. The summed E-state index contributed by atoms with van der Waals surface area (Å²) in [5.41, 5.74) is 3.67. The van der Waals surface area contributed by atoms with Gasteiger partial charge in [0, 0.05) is 50.9 Å². The van der Waals surface area contributed by atoms with Crippen LogP contribution in [-0.4, -0.2) is 77.4 Å². The van der Waals surface area contributed by atoms with Crippen LogP contribution in [0.25, 0.3) is 0 Å². The Morgan fingerprint density at radius 2 is 1.72 bits per heavy atom. The van der Waals surface area contributed by atoms with Crippen molar-refractivity contribution in [3.05, 3.63) is 29.3 Å². The zero-order chi connectivity index (χ0) is 21.8. The van der Waals surface area contributed by atoms with E-state index < -0.39 is 5.97 Å². The normalized spacial score (nSPS) is 24.1. The fourth-order valence-electron chi connectivity index (χ4n) is 5.50. The van der Waals surface area contributed by atoms with Gasteiger partial charge in [0.2, 0.25) is 0 Å². The van der Waals surface area contributed by atoms with Crippen molar-refractivity contribution < 1.29 is 19.8 Å². The molecule has 0 radical (unpaired) electrons. The number of carboxylic acids is 1. The van der Waals surface area contributed by atoms with E-state index in [1.165, 1.54) is 11.1 Å². The number of carboxylic acid groups (broad SMARTS) is 1. The maximum absolute atomic E-state index is 13.2. The predicted octanol–water partition coefficient (Wildman–Crippen LogP) is 3.17. The van der Waals surface area contributed by atoms with E-state index in [1.807, 2.05) is 9.80 Å². The van der Waals surface area contributed by atoms with Crippen molar-refractivity contribution in [3.63, 3.8) is 0 Å². The van der Waals surface area contributed by atoms with Crippen LogP contribution in [0.1, 0.15) is 49.7 Å². The quantitative estimate of drug-likeness (QED) is 0.646. The smallest absolute Gasteiger partial charge is 0.324 e. The summed E-state index contributed by atoms with van der Waals surface area (Å²) in [6.45, 7) is 4.33. The van der Waals surface area contributed by atoms with Crippen LogP contribution >= 0.6 is 12.4 Å². The summed E-state index contributed by atoms with van der Waals surface area (Å²) in [5.74, 6) is -0.231. The number of anilines is 1. The van der Waals surface area contributed by atoms with Crippen molar-refractivity contribution in [2.75, 3.05) is 44.2 Å². The van der Waals surface area contributed by atoms with Gasteiger partial charge in [-0.1, -0.05) is 6.07 Å². The molecule has 0 bridgehead atoms. The van der Waals surface area contributed by atoms with Crippen LogP contribution in [0.3, 0.4) is 0 Å². The number of hydrogen-bond donors (Lipinski definition) is 2. The molecule has 7 nitrogen and oxygen atoms in total. The third-order valence-electron chi connectivity index (χ3n) is 7.38. The monoisotopic (exact) mass is 465 g/mol. The topological polar surface area (TPSA) is 84.3 Å². The number of aliphatic carboxylic acids is 1. The SMILES string of the molecule is Cl.O=C(O)CCC1CCC(N2CCN(c3ccc4c(c3)CCN(CCO)CC4)C2=O)CC1. The van der Waals surface area contributed by atoms with Gasteiger partial charge in [-0.15, -0.1) is 12.4 Å². The van der Waals surface area contributed by atoms with Crippen molar-refractivity contribution in [3.8, 4) is 0 Å². The van der Waals surface area contributed by atoms with Crippen LogP contribution in [0.2, 0.25) is 0 Å². The molecule has 0 aromatic heterocycles. The van der Waals surface area contributed by atoms with Crippen molar-refractivity contribution in [2.45, 2.75) is 57.4 Å². The summed E-state index contributed by atoms with van der Waals surface area (Å²) in [4.78, 5) is 30.3. The standard InChI is InChI=1S/C24H35N3O4.ClH/c28-16-15-25-11-9-19-4-7-22(17-20(19)10-12-25)27-14-13-26(24(27)31)21-5-1-18(2-6-21)3-8-23(29)30;/h4,7,17-18,21,28H,1-3,5-6,8-16H2,(H,29,30);1H. The van der Waals surface area contributed by atoms with Crippen LogP contribution in [0, 0.1) is 5.92 Å². The van der Waals surface area contributed by atoms with E-state index in [4.69, 9.17) is 5.11 Å². The van der Waals surface area contributed by atoms with Gasteiger partial charge in [0.1, 0.15) is 0 Å². The Labute approximate surface area is 196 Å². The minimum atomic E-state index is -0.714. The minimum Gasteiger partial charge on any atom is -0.481 e. The Morgan fingerprint density at radius 1 is 1.00 bits per heavy atom. The van der Waals surface area contributed by atoms with Gasteiger partial charge in [0.25, 0.3) is 0 Å². The Hall–Kier alpha value is -1.83. The molecule has 2 aliphatic heterocycles. The summed E-state index contributed by atoms with van der Waals surface area (Å²) in [6, 6.07) is 6.86. The molecule has 1 saturated carbocycles. The molecule has 2 N–H and O–H groups in total. The molecule has 32 heavy (non-hydrogen) atoms. The number of nitrogens with zero attached hydrogens (tertiary/aromatic N) is 3. The number of rotatable bonds is 7. The first-order chi connectivity index (χ1) is 15.0. The summed E-state index contributed by atoms with van der Waals surface area (Å²) >= 11 is 0. The molecule has 8 heteroatoms. The van der Waals surface area contributed by atoms with Gasteiger partial charge in [-0.3, -0.25) is 9.69 Å². The van der Waals surface area contributed by atoms with E-state index in [9.17, 15) is 14.7 Å². The van der Waals surface area contributed by atoms with Crippen molar-refractivity contribution in [1.29, 1.82) is 0 Å².